The molecule has 0 aliphatic rings. The highest BCUT2D eigenvalue weighted by atomic mass is 16.6. The van der Waals surface area contributed by atoms with Crippen molar-refractivity contribution in [3.63, 3.8) is 0 Å². The Morgan fingerprint density at radius 2 is 0.804 bits per heavy atom. The Morgan fingerprint density at radius 3 is 1.21 bits per heavy atom. The highest BCUT2D eigenvalue weighted by Gasteiger charge is 2.13. The molecule has 4 heteroatoms. The number of carbonyl (C=O) groups is 1. The van der Waals surface area contributed by atoms with E-state index in [4.69, 9.17) is 9.47 Å². The van der Waals surface area contributed by atoms with Crippen molar-refractivity contribution in [2.45, 2.75) is 258 Å². The molecule has 0 aromatic carbocycles. The van der Waals surface area contributed by atoms with Gasteiger partial charge in [0.25, 0.3) is 0 Å². The van der Waals surface area contributed by atoms with E-state index in [-0.39, 0.29) is 12.6 Å². The summed E-state index contributed by atoms with van der Waals surface area (Å²) in [5.74, 6) is -0.202. The fourth-order valence-corrected chi connectivity index (χ4v) is 7.26. The monoisotopic (exact) mass is 785 g/mol. The van der Waals surface area contributed by atoms with E-state index in [1.165, 1.54) is 186 Å². The van der Waals surface area contributed by atoms with Gasteiger partial charge in [-0.1, -0.05) is 242 Å². The second kappa shape index (κ2) is 49.5. The first-order chi connectivity index (χ1) is 27.7. The average Bonchev–Trinajstić information content (AvgIpc) is 3.20. The number of esters is 1. The Balaban J connectivity index is 3.40. The third-order valence-electron chi connectivity index (χ3n) is 10.9. The number of hydrogen-bond donors (Lipinski definition) is 1. The molecule has 1 N–H and O–H groups in total. The smallest absolute Gasteiger partial charge is 0.306 e. The average molecular weight is 785 g/mol. The van der Waals surface area contributed by atoms with Crippen LogP contribution in [0.3, 0.4) is 0 Å². The van der Waals surface area contributed by atoms with Gasteiger partial charge < -0.3 is 14.6 Å². The van der Waals surface area contributed by atoms with E-state index in [0.717, 1.165) is 44.9 Å². The summed E-state index contributed by atoms with van der Waals surface area (Å²) in [5.41, 5.74) is 0. The lowest BCUT2D eigenvalue weighted by Gasteiger charge is -2.16. The van der Waals surface area contributed by atoms with Crippen LogP contribution in [0.2, 0.25) is 0 Å². The molecule has 0 saturated heterocycles. The van der Waals surface area contributed by atoms with Crippen LogP contribution < -0.4 is 0 Å². The van der Waals surface area contributed by atoms with Gasteiger partial charge in [-0.15, -0.1) is 0 Å². The molecule has 0 aromatic heterocycles. The zero-order chi connectivity index (χ0) is 40.5. The molecule has 0 heterocycles. The van der Waals surface area contributed by atoms with Gasteiger partial charge in [0.15, 0.2) is 0 Å². The molecular weight excluding hydrogens is 689 g/mol. The summed E-state index contributed by atoms with van der Waals surface area (Å²) >= 11 is 0. The minimum absolute atomic E-state index is 0.171. The van der Waals surface area contributed by atoms with Crippen molar-refractivity contribution in [3.05, 3.63) is 48.6 Å². The minimum atomic E-state index is -0.536. The number of allylic oxidation sites excluding steroid dienone is 8. The summed E-state index contributed by atoms with van der Waals surface area (Å²) in [5, 5.41) is 9.64. The van der Waals surface area contributed by atoms with Crippen LogP contribution in [0.5, 0.6) is 0 Å². The maximum atomic E-state index is 12.3. The lowest BCUT2D eigenvalue weighted by atomic mass is 10.0. The lowest BCUT2D eigenvalue weighted by molar-refractivity contribution is -0.154. The largest absolute Gasteiger partial charge is 0.457 e. The van der Waals surface area contributed by atoms with Crippen LogP contribution in [0.1, 0.15) is 251 Å². The van der Waals surface area contributed by atoms with Crippen molar-refractivity contribution in [2.75, 3.05) is 19.8 Å². The minimum Gasteiger partial charge on any atom is -0.457 e. The number of unbranched alkanes of at least 4 members (excludes halogenated alkanes) is 30. The second-order valence-corrected chi connectivity index (χ2v) is 16.5. The van der Waals surface area contributed by atoms with Crippen molar-refractivity contribution < 1.29 is 19.4 Å². The third kappa shape index (κ3) is 46.7. The van der Waals surface area contributed by atoms with E-state index in [1.807, 2.05) is 0 Å². The second-order valence-electron chi connectivity index (χ2n) is 16.5. The molecule has 0 saturated carbocycles. The third-order valence-corrected chi connectivity index (χ3v) is 10.9. The highest BCUT2D eigenvalue weighted by Crippen LogP contribution is 2.16. The van der Waals surface area contributed by atoms with Crippen molar-refractivity contribution >= 4 is 5.97 Å². The first kappa shape index (κ1) is 54.3. The zero-order valence-electron chi connectivity index (χ0n) is 37.7. The van der Waals surface area contributed by atoms with Gasteiger partial charge in [0.2, 0.25) is 0 Å². The van der Waals surface area contributed by atoms with Gasteiger partial charge in [-0.3, -0.25) is 4.79 Å². The molecule has 0 fully saturated rings. The summed E-state index contributed by atoms with van der Waals surface area (Å²) in [6.07, 6.45) is 64.8. The topological polar surface area (TPSA) is 55.8 Å². The molecule has 0 aliphatic carbocycles. The van der Waals surface area contributed by atoms with Crippen molar-refractivity contribution in [1.29, 1.82) is 0 Å². The van der Waals surface area contributed by atoms with Gasteiger partial charge in [-0.05, 0) is 51.4 Å². The quantitative estimate of drug-likeness (QED) is 0.0379. The molecule has 0 rings (SSSR count). The highest BCUT2D eigenvalue weighted by molar-refractivity contribution is 5.69. The van der Waals surface area contributed by atoms with E-state index in [2.05, 4.69) is 62.5 Å². The number of ether oxygens (including phenoxy) is 2. The molecule has 0 radical (unpaired) electrons. The van der Waals surface area contributed by atoms with Crippen LogP contribution in [0, 0.1) is 0 Å². The van der Waals surface area contributed by atoms with Crippen molar-refractivity contribution in [3.8, 4) is 0 Å². The summed E-state index contributed by atoms with van der Waals surface area (Å²) in [7, 11) is 0. The molecule has 0 bridgehead atoms. The Bertz CT molecular complexity index is 874. The molecule has 0 aromatic rings. The van der Waals surface area contributed by atoms with Crippen LogP contribution in [0.15, 0.2) is 48.6 Å². The maximum Gasteiger partial charge on any atom is 0.306 e. The first-order valence-electron chi connectivity index (χ1n) is 24.7. The molecule has 1 atom stereocenters. The van der Waals surface area contributed by atoms with Gasteiger partial charge >= 0.3 is 5.97 Å². The van der Waals surface area contributed by atoms with Crippen LogP contribution in [0.25, 0.3) is 0 Å². The van der Waals surface area contributed by atoms with Crippen molar-refractivity contribution in [1.82, 2.24) is 0 Å². The Hall–Kier alpha value is -1.65. The Morgan fingerprint density at radius 1 is 0.446 bits per heavy atom. The zero-order valence-corrected chi connectivity index (χ0v) is 37.7. The van der Waals surface area contributed by atoms with Crippen LogP contribution in [0.4, 0.5) is 0 Å². The lowest BCUT2D eigenvalue weighted by Crippen LogP contribution is -2.27. The normalized spacial score (nSPS) is 12.7. The van der Waals surface area contributed by atoms with E-state index >= 15 is 0 Å². The van der Waals surface area contributed by atoms with E-state index < -0.39 is 6.10 Å². The molecule has 0 amide bonds. The Kier molecular flexibility index (Phi) is 48.0. The van der Waals surface area contributed by atoms with E-state index in [9.17, 15) is 9.90 Å². The standard InChI is InChI=1S/C52H96O4/c1-3-5-7-9-11-13-15-17-19-21-23-25-26-27-29-31-33-35-37-39-41-43-45-47-52(54)56-51(49-53)50-55-48-46-44-42-40-38-36-34-32-30-28-24-22-20-18-16-14-12-10-8-6-4-2/h5,7,11,13,17,19,23,25,51,53H,3-4,6,8-10,12,14-16,18,20-22,24,26-50H2,1-2H3/b7-5-,13-11-,19-17-,25-23-. The van der Waals surface area contributed by atoms with Gasteiger partial charge in [0.1, 0.15) is 6.10 Å². The predicted octanol–water partition coefficient (Wildman–Crippen LogP) is 16.6. The number of hydrogen-bond acceptors (Lipinski definition) is 4. The molecule has 4 nitrogen and oxygen atoms in total. The predicted molar refractivity (Wildman–Crippen MR) is 247 cm³/mol. The van der Waals surface area contributed by atoms with Crippen LogP contribution in [-0.2, 0) is 14.3 Å². The van der Waals surface area contributed by atoms with Crippen LogP contribution in [-0.4, -0.2) is 37.0 Å². The summed E-state index contributed by atoms with van der Waals surface area (Å²) in [4.78, 5) is 12.3. The number of aliphatic hydroxyl groups is 1. The molecule has 0 spiro atoms. The molecule has 0 aliphatic heterocycles. The summed E-state index contributed by atoms with van der Waals surface area (Å²) in [6, 6.07) is 0. The molecule has 56 heavy (non-hydrogen) atoms. The molecule has 328 valence electrons. The van der Waals surface area contributed by atoms with Gasteiger partial charge in [-0.2, -0.15) is 0 Å². The van der Waals surface area contributed by atoms with Crippen molar-refractivity contribution in [2.24, 2.45) is 0 Å². The molecular formula is C52H96O4. The van der Waals surface area contributed by atoms with Gasteiger partial charge in [0, 0.05) is 13.0 Å². The molecule has 1 unspecified atom stereocenters. The fourth-order valence-electron chi connectivity index (χ4n) is 7.26. The SMILES string of the molecule is CC/C=C\C/C=C\C/C=C\C/C=C\CCCCCCCCCCCCC(=O)OC(CO)COCCCCCCCCCCCCCCCCCCCCCCC. The Labute approximate surface area is 350 Å². The van der Waals surface area contributed by atoms with Gasteiger partial charge in [-0.25, -0.2) is 0 Å². The first-order valence-corrected chi connectivity index (χ1v) is 24.7. The van der Waals surface area contributed by atoms with E-state index in [1.54, 1.807) is 0 Å². The number of carbonyl (C=O) groups excluding carboxylic acids is 1. The van der Waals surface area contributed by atoms with Crippen LogP contribution >= 0.6 is 0 Å². The fraction of sp³-hybridized carbons (Fsp3) is 0.827. The summed E-state index contributed by atoms with van der Waals surface area (Å²) < 4.78 is 11.2. The van der Waals surface area contributed by atoms with E-state index in [0.29, 0.717) is 19.6 Å². The maximum absolute atomic E-state index is 12.3. The number of rotatable bonds is 46. The number of aliphatic hydroxyl groups excluding tert-OH is 1. The summed E-state index contributed by atoms with van der Waals surface area (Å²) in [6.45, 7) is 5.27. The van der Waals surface area contributed by atoms with Gasteiger partial charge in [0.05, 0.1) is 13.2 Å².